The molecule has 0 aromatic heterocycles. The van der Waals surface area contributed by atoms with Crippen LogP contribution in [0.15, 0.2) is 30.3 Å². The van der Waals surface area contributed by atoms with Gasteiger partial charge in [0.05, 0.1) is 0 Å². The van der Waals surface area contributed by atoms with Crippen molar-refractivity contribution in [1.82, 2.24) is 0 Å². The zero-order valence-electron chi connectivity index (χ0n) is 7.20. The molecule has 0 bridgehead atoms. The van der Waals surface area contributed by atoms with Gasteiger partial charge in [-0.2, -0.15) is 0 Å². The smallest absolute Gasteiger partial charge is 0.222 e. The first-order valence-electron chi connectivity index (χ1n) is 3.49. The second kappa shape index (κ2) is 6.76. The number of benzene rings is 1. The van der Waals surface area contributed by atoms with Crippen LogP contribution in [-0.2, 0) is 4.74 Å². The Labute approximate surface area is 71.6 Å². The second-order valence-corrected chi connectivity index (χ2v) is 2.15. The van der Waals surface area contributed by atoms with E-state index in [0.29, 0.717) is 5.56 Å². The number of methoxy groups -OCH3 is 1. The van der Waals surface area contributed by atoms with E-state index in [1.54, 1.807) is 32.4 Å². The highest BCUT2D eigenvalue weighted by Gasteiger charge is 1.99. The van der Waals surface area contributed by atoms with E-state index in [2.05, 4.69) is 4.74 Å². The summed E-state index contributed by atoms with van der Waals surface area (Å²) in [6, 6.07) is 8.19. The zero-order valence-corrected chi connectivity index (χ0v) is 7.20. The molecule has 3 heteroatoms. The quantitative estimate of drug-likeness (QED) is 0.701. The Bertz CT molecular complexity index is 187. The van der Waals surface area contributed by atoms with Gasteiger partial charge in [0, 0.05) is 19.8 Å². The van der Waals surface area contributed by atoms with Gasteiger partial charge < -0.3 is 9.84 Å². The first kappa shape index (κ1) is 11.1. The number of aliphatic hydroxyl groups excluding tert-OH is 1. The minimum Gasteiger partial charge on any atom is -0.388 e. The molecule has 0 spiro atoms. The van der Waals surface area contributed by atoms with Crippen LogP contribution in [0.3, 0.4) is 0 Å². The molecular weight excluding hydrogens is 159 g/mol. The molecule has 68 valence electrons. The fourth-order valence-corrected chi connectivity index (χ4v) is 0.612. The van der Waals surface area contributed by atoms with Gasteiger partial charge in [-0.25, -0.2) is 4.39 Å². The molecule has 0 aliphatic carbocycles. The Morgan fingerprint density at radius 2 is 1.67 bits per heavy atom. The number of hydrogen-bond donors (Lipinski definition) is 1. The van der Waals surface area contributed by atoms with Gasteiger partial charge in [0.25, 0.3) is 0 Å². The maximum absolute atomic E-state index is 12.0. The summed E-state index contributed by atoms with van der Waals surface area (Å²) < 4.78 is 16.2. The van der Waals surface area contributed by atoms with Crippen LogP contribution in [0.2, 0.25) is 0 Å². The fraction of sp³-hybridized carbons (Fsp3) is 0.333. The van der Waals surface area contributed by atoms with Crippen LogP contribution in [-0.4, -0.2) is 19.3 Å². The topological polar surface area (TPSA) is 29.5 Å². The molecule has 0 heterocycles. The van der Waals surface area contributed by atoms with Crippen molar-refractivity contribution in [2.24, 2.45) is 0 Å². The van der Waals surface area contributed by atoms with Crippen LogP contribution in [0, 0.1) is 0 Å². The van der Waals surface area contributed by atoms with Crippen molar-refractivity contribution >= 4 is 0 Å². The third-order valence-electron chi connectivity index (χ3n) is 1.07. The molecule has 1 unspecified atom stereocenters. The minimum absolute atomic E-state index is 0.303. The lowest BCUT2D eigenvalue weighted by atomic mass is 10.2. The second-order valence-electron chi connectivity index (χ2n) is 2.15. The van der Waals surface area contributed by atoms with E-state index in [0.717, 1.165) is 0 Å². The fourth-order valence-electron chi connectivity index (χ4n) is 0.612. The SMILES string of the molecule is COC.OC(F)c1ccccc1. The molecular formula is C9H13FO2. The minimum atomic E-state index is -1.84. The van der Waals surface area contributed by atoms with Crippen LogP contribution in [0.1, 0.15) is 11.9 Å². The number of ether oxygens (including phenoxy) is 1. The van der Waals surface area contributed by atoms with Gasteiger partial charge >= 0.3 is 0 Å². The molecule has 12 heavy (non-hydrogen) atoms. The molecule has 0 aliphatic heterocycles. The number of alkyl halides is 1. The Balaban J connectivity index is 0.000000354. The molecule has 0 saturated carbocycles. The van der Waals surface area contributed by atoms with E-state index in [9.17, 15) is 4.39 Å². The first-order chi connectivity index (χ1) is 5.72. The summed E-state index contributed by atoms with van der Waals surface area (Å²) in [7, 11) is 3.25. The molecule has 1 atom stereocenters. The first-order valence-corrected chi connectivity index (χ1v) is 3.49. The molecule has 1 aromatic rings. The summed E-state index contributed by atoms with van der Waals surface area (Å²) in [4.78, 5) is 0. The predicted octanol–water partition coefficient (Wildman–Crippen LogP) is 1.91. The molecule has 0 fully saturated rings. The molecule has 0 aliphatic rings. The monoisotopic (exact) mass is 172 g/mol. The van der Waals surface area contributed by atoms with E-state index in [-0.39, 0.29) is 0 Å². The van der Waals surface area contributed by atoms with E-state index < -0.39 is 6.36 Å². The highest BCUT2D eigenvalue weighted by atomic mass is 19.1. The van der Waals surface area contributed by atoms with E-state index in [1.807, 2.05) is 0 Å². The summed E-state index contributed by atoms with van der Waals surface area (Å²) >= 11 is 0. The average molecular weight is 172 g/mol. The molecule has 0 radical (unpaired) electrons. The summed E-state index contributed by atoms with van der Waals surface area (Å²) in [5, 5.41) is 8.36. The lowest BCUT2D eigenvalue weighted by Crippen LogP contribution is -1.85. The standard InChI is InChI=1S/C7H7FO.C2H6O/c8-7(9)6-4-2-1-3-5-6;1-3-2/h1-5,7,9H;1-2H3. The third kappa shape index (κ3) is 4.82. The molecule has 0 amide bonds. The maximum Gasteiger partial charge on any atom is 0.222 e. The molecule has 1 N–H and O–H groups in total. The molecule has 2 nitrogen and oxygen atoms in total. The molecule has 1 rings (SSSR count). The van der Waals surface area contributed by atoms with E-state index >= 15 is 0 Å². The highest BCUT2D eigenvalue weighted by molar-refractivity contribution is 5.15. The summed E-state index contributed by atoms with van der Waals surface area (Å²) in [6.07, 6.45) is -1.84. The van der Waals surface area contributed by atoms with Crippen LogP contribution < -0.4 is 0 Å². The van der Waals surface area contributed by atoms with Crippen molar-refractivity contribution in [2.45, 2.75) is 6.36 Å². The van der Waals surface area contributed by atoms with Crippen molar-refractivity contribution in [3.8, 4) is 0 Å². The normalized spacial score (nSPS) is 11.3. The van der Waals surface area contributed by atoms with Gasteiger partial charge in [-0.3, -0.25) is 0 Å². The van der Waals surface area contributed by atoms with Crippen molar-refractivity contribution < 1.29 is 14.2 Å². The Morgan fingerprint density at radius 1 is 1.25 bits per heavy atom. The van der Waals surface area contributed by atoms with Gasteiger partial charge in [0.1, 0.15) is 0 Å². The van der Waals surface area contributed by atoms with Gasteiger partial charge in [-0.15, -0.1) is 0 Å². The van der Waals surface area contributed by atoms with Gasteiger partial charge in [-0.05, 0) is 0 Å². The lowest BCUT2D eigenvalue weighted by Gasteiger charge is -1.97. The third-order valence-corrected chi connectivity index (χ3v) is 1.07. The summed E-state index contributed by atoms with van der Waals surface area (Å²) in [6.45, 7) is 0. The zero-order chi connectivity index (χ0) is 9.40. The van der Waals surface area contributed by atoms with Crippen LogP contribution in [0.5, 0.6) is 0 Å². The van der Waals surface area contributed by atoms with Crippen LogP contribution >= 0.6 is 0 Å². The molecule has 0 saturated heterocycles. The number of halogens is 1. The summed E-state index contributed by atoms with van der Waals surface area (Å²) in [5.74, 6) is 0. The Morgan fingerprint density at radius 3 is 1.92 bits per heavy atom. The van der Waals surface area contributed by atoms with Gasteiger partial charge in [0.15, 0.2) is 0 Å². The Kier molecular flexibility index (Phi) is 6.24. The van der Waals surface area contributed by atoms with Crippen molar-refractivity contribution in [3.05, 3.63) is 35.9 Å². The van der Waals surface area contributed by atoms with Crippen LogP contribution in [0.25, 0.3) is 0 Å². The predicted molar refractivity (Wildman–Crippen MR) is 45.4 cm³/mol. The Hall–Kier alpha value is -0.930. The van der Waals surface area contributed by atoms with Crippen LogP contribution in [0.4, 0.5) is 4.39 Å². The van der Waals surface area contributed by atoms with Gasteiger partial charge in [-0.1, -0.05) is 30.3 Å². The van der Waals surface area contributed by atoms with Crippen molar-refractivity contribution in [1.29, 1.82) is 0 Å². The van der Waals surface area contributed by atoms with E-state index in [1.165, 1.54) is 12.1 Å². The number of aliphatic hydroxyl groups is 1. The average Bonchev–Trinajstić information content (AvgIpc) is 2.07. The number of hydrogen-bond acceptors (Lipinski definition) is 2. The lowest BCUT2D eigenvalue weighted by molar-refractivity contribution is 0.0411. The largest absolute Gasteiger partial charge is 0.388 e. The molecule has 1 aromatic carbocycles. The van der Waals surface area contributed by atoms with Crippen molar-refractivity contribution in [2.75, 3.05) is 14.2 Å². The van der Waals surface area contributed by atoms with Crippen molar-refractivity contribution in [3.63, 3.8) is 0 Å². The van der Waals surface area contributed by atoms with Gasteiger partial charge in [0.2, 0.25) is 6.36 Å². The van der Waals surface area contributed by atoms with E-state index in [4.69, 9.17) is 5.11 Å². The summed E-state index contributed by atoms with van der Waals surface area (Å²) in [5.41, 5.74) is 0.303. The maximum atomic E-state index is 12.0. The highest BCUT2D eigenvalue weighted by Crippen LogP contribution is 2.11. The number of rotatable bonds is 1.